The first-order chi connectivity index (χ1) is 7.97. The second-order valence-corrected chi connectivity index (χ2v) is 4.86. The summed E-state index contributed by atoms with van der Waals surface area (Å²) in [7, 11) is 1.95. The Morgan fingerprint density at radius 3 is 2.88 bits per heavy atom. The molecular weight excluding hydrogens is 214 g/mol. The number of aromatic nitrogens is 2. The largest absolute Gasteiger partial charge is 0.375 e. The average Bonchev–Trinajstić information content (AvgIpc) is 2.73. The summed E-state index contributed by atoms with van der Waals surface area (Å²) in [5, 5.41) is 3.28. The first-order valence-corrected chi connectivity index (χ1v) is 5.89. The highest BCUT2D eigenvalue weighted by molar-refractivity contribution is 5.10. The lowest BCUT2D eigenvalue weighted by Gasteiger charge is -2.25. The minimum Gasteiger partial charge on any atom is -0.375 e. The van der Waals surface area contributed by atoms with Crippen LogP contribution in [-0.4, -0.2) is 29.8 Å². The van der Waals surface area contributed by atoms with Crippen molar-refractivity contribution in [1.82, 2.24) is 14.9 Å². The number of rotatable bonds is 7. The van der Waals surface area contributed by atoms with Gasteiger partial charge in [-0.05, 0) is 27.8 Å². The van der Waals surface area contributed by atoms with E-state index in [9.17, 15) is 0 Å². The fourth-order valence-corrected chi connectivity index (χ4v) is 1.56. The summed E-state index contributed by atoms with van der Waals surface area (Å²) in [6.45, 7) is 12.2. The van der Waals surface area contributed by atoms with Crippen molar-refractivity contribution < 1.29 is 4.74 Å². The van der Waals surface area contributed by atoms with Gasteiger partial charge in [0.05, 0.1) is 30.8 Å². The summed E-state index contributed by atoms with van der Waals surface area (Å²) in [4.78, 5) is 4.20. The first kappa shape index (κ1) is 13.9. The standard InChI is InChI=1S/C13H23N3O/c1-11(2)9-17-7-6-16-10-15-8-12(16)13(3,4)14-5/h8,10,14H,1,6-7,9H2,2-5H3. The van der Waals surface area contributed by atoms with Gasteiger partial charge in [0, 0.05) is 12.7 Å². The fourth-order valence-electron chi connectivity index (χ4n) is 1.56. The fraction of sp³-hybridized carbons (Fsp3) is 0.615. The van der Waals surface area contributed by atoms with Crippen molar-refractivity contribution in [2.45, 2.75) is 32.9 Å². The summed E-state index contributed by atoms with van der Waals surface area (Å²) in [6, 6.07) is 0. The normalized spacial score (nSPS) is 11.8. The van der Waals surface area contributed by atoms with Crippen molar-refractivity contribution in [2.75, 3.05) is 20.3 Å². The van der Waals surface area contributed by atoms with Crippen LogP contribution in [0.1, 0.15) is 26.5 Å². The Morgan fingerprint density at radius 2 is 2.29 bits per heavy atom. The maximum atomic E-state index is 5.50. The van der Waals surface area contributed by atoms with Crippen LogP contribution in [0, 0.1) is 0 Å². The molecule has 0 bridgehead atoms. The van der Waals surface area contributed by atoms with Crippen LogP contribution in [0.4, 0.5) is 0 Å². The summed E-state index contributed by atoms with van der Waals surface area (Å²) in [5.74, 6) is 0. The highest BCUT2D eigenvalue weighted by Gasteiger charge is 2.21. The van der Waals surface area contributed by atoms with Gasteiger partial charge in [0.1, 0.15) is 0 Å². The molecule has 0 fully saturated rings. The molecule has 1 aromatic rings. The van der Waals surface area contributed by atoms with E-state index < -0.39 is 0 Å². The van der Waals surface area contributed by atoms with Gasteiger partial charge in [0.2, 0.25) is 0 Å². The number of nitrogens with one attached hydrogen (secondary N) is 1. The second-order valence-electron chi connectivity index (χ2n) is 4.86. The third kappa shape index (κ3) is 3.98. The molecule has 4 heteroatoms. The molecule has 17 heavy (non-hydrogen) atoms. The van der Waals surface area contributed by atoms with Crippen LogP contribution in [0.25, 0.3) is 0 Å². The molecule has 1 rings (SSSR count). The minimum atomic E-state index is -0.0785. The zero-order valence-electron chi connectivity index (χ0n) is 11.3. The number of ether oxygens (including phenoxy) is 1. The Bertz CT molecular complexity index is 368. The maximum Gasteiger partial charge on any atom is 0.0949 e. The molecule has 0 atom stereocenters. The molecule has 0 saturated carbocycles. The topological polar surface area (TPSA) is 39.1 Å². The number of hydrogen-bond donors (Lipinski definition) is 1. The van der Waals surface area contributed by atoms with E-state index in [4.69, 9.17) is 4.74 Å². The molecule has 1 N–H and O–H groups in total. The van der Waals surface area contributed by atoms with E-state index in [1.54, 1.807) is 0 Å². The van der Waals surface area contributed by atoms with Crippen molar-refractivity contribution in [1.29, 1.82) is 0 Å². The monoisotopic (exact) mass is 237 g/mol. The highest BCUT2D eigenvalue weighted by Crippen LogP contribution is 2.18. The SMILES string of the molecule is C=C(C)COCCn1cncc1C(C)(C)NC. The quantitative estimate of drug-likeness (QED) is 0.582. The van der Waals surface area contributed by atoms with E-state index in [0.29, 0.717) is 13.2 Å². The van der Waals surface area contributed by atoms with Gasteiger partial charge in [0.25, 0.3) is 0 Å². The van der Waals surface area contributed by atoms with E-state index >= 15 is 0 Å². The highest BCUT2D eigenvalue weighted by atomic mass is 16.5. The van der Waals surface area contributed by atoms with Crippen LogP contribution in [0.3, 0.4) is 0 Å². The van der Waals surface area contributed by atoms with Crippen molar-refractivity contribution in [3.05, 3.63) is 30.4 Å². The van der Waals surface area contributed by atoms with Crippen LogP contribution < -0.4 is 5.32 Å². The lowest BCUT2D eigenvalue weighted by atomic mass is 10.0. The Morgan fingerprint density at radius 1 is 1.59 bits per heavy atom. The van der Waals surface area contributed by atoms with Crippen LogP contribution in [0.5, 0.6) is 0 Å². The molecule has 0 aliphatic heterocycles. The number of imidazole rings is 1. The number of hydrogen-bond acceptors (Lipinski definition) is 3. The van der Waals surface area contributed by atoms with Crippen molar-refractivity contribution in [3.63, 3.8) is 0 Å². The Balaban J connectivity index is 2.55. The van der Waals surface area contributed by atoms with E-state index in [1.165, 1.54) is 5.69 Å². The van der Waals surface area contributed by atoms with Gasteiger partial charge in [-0.25, -0.2) is 4.98 Å². The van der Waals surface area contributed by atoms with Crippen LogP contribution in [0.2, 0.25) is 0 Å². The maximum absolute atomic E-state index is 5.50. The summed E-state index contributed by atoms with van der Waals surface area (Å²) in [5.41, 5.74) is 2.13. The van der Waals surface area contributed by atoms with Crippen molar-refractivity contribution in [3.8, 4) is 0 Å². The molecule has 0 unspecified atom stereocenters. The molecule has 1 heterocycles. The minimum absolute atomic E-state index is 0.0785. The lowest BCUT2D eigenvalue weighted by molar-refractivity contribution is 0.145. The zero-order valence-corrected chi connectivity index (χ0v) is 11.3. The molecule has 0 aromatic carbocycles. The average molecular weight is 237 g/mol. The molecule has 0 saturated heterocycles. The number of nitrogens with zero attached hydrogens (tertiary/aromatic N) is 2. The van der Waals surface area contributed by atoms with Gasteiger partial charge in [-0.2, -0.15) is 0 Å². The third-order valence-corrected chi connectivity index (χ3v) is 2.80. The molecule has 0 amide bonds. The molecule has 96 valence electrons. The molecule has 1 aromatic heterocycles. The van der Waals surface area contributed by atoms with E-state index in [-0.39, 0.29) is 5.54 Å². The van der Waals surface area contributed by atoms with Gasteiger partial charge in [-0.15, -0.1) is 0 Å². The van der Waals surface area contributed by atoms with E-state index in [1.807, 2.05) is 26.5 Å². The Hall–Kier alpha value is -1.13. The van der Waals surface area contributed by atoms with Crippen LogP contribution >= 0.6 is 0 Å². The van der Waals surface area contributed by atoms with Crippen molar-refractivity contribution >= 4 is 0 Å². The van der Waals surface area contributed by atoms with Gasteiger partial charge in [0.15, 0.2) is 0 Å². The molecule has 4 nitrogen and oxygen atoms in total. The molecule has 0 aliphatic carbocycles. The van der Waals surface area contributed by atoms with Crippen LogP contribution in [-0.2, 0) is 16.8 Å². The molecule has 0 spiro atoms. The van der Waals surface area contributed by atoms with Gasteiger partial charge in [-0.1, -0.05) is 12.2 Å². The summed E-state index contributed by atoms with van der Waals surface area (Å²) >= 11 is 0. The lowest BCUT2D eigenvalue weighted by Crippen LogP contribution is -2.35. The third-order valence-electron chi connectivity index (χ3n) is 2.80. The second kappa shape index (κ2) is 5.98. The predicted molar refractivity (Wildman–Crippen MR) is 69.9 cm³/mol. The van der Waals surface area contributed by atoms with E-state index in [2.05, 4.69) is 35.3 Å². The summed E-state index contributed by atoms with van der Waals surface area (Å²) in [6.07, 6.45) is 3.74. The van der Waals surface area contributed by atoms with E-state index in [0.717, 1.165) is 12.1 Å². The predicted octanol–water partition coefficient (Wildman–Crippen LogP) is 1.93. The zero-order chi connectivity index (χ0) is 12.9. The summed E-state index contributed by atoms with van der Waals surface area (Å²) < 4.78 is 7.62. The smallest absolute Gasteiger partial charge is 0.0949 e. The Kier molecular flexibility index (Phi) is 4.90. The molecule has 0 aliphatic rings. The van der Waals surface area contributed by atoms with Gasteiger partial charge < -0.3 is 14.6 Å². The van der Waals surface area contributed by atoms with Gasteiger partial charge >= 0.3 is 0 Å². The first-order valence-electron chi connectivity index (χ1n) is 5.89. The van der Waals surface area contributed by atoms with Crippen LogP contribution in [0.15, 0.2) is 24.7 Å². The Labute approximate surface area is 104 Å². The molecular formula is C13H23N3O. The van der Waals surface area contributed by atoms with Crippen molar-refractivity contribution in [2.24, 2.45) is 0 Å². The van der Waals surface area contributed by atoms with Gasteiger partial charge in [-0.3, -0.25) is 0 Å². The molecule has 0 radical (unpaired) electrons.